The molecule has 0 amide bonds. The van der Waals surface area contributed by atoms with Crippen LogP contribution in [0.3, 0.4) is 0 Å². The quantitative estimate of drug-likeness (QED) is 0.693. The van der Waals surface area contributed by atoms with Gasteiger partial charge in [0.25, 0.3) is 0 Å². The van der Waals surface area contributed by atoms with Gasteiger partial charge in [0.05, 0.1) is 23.6 Å². The third-order valence-electron chi connectivity index (χ3n) is 2.55. The summed E-state index contributed by atoms with van der Waals surface area (Å²) in [6, 6.07) is 1.87. The molecule has 3 heterocycles. The second kappa shape index (κ2) is 3.99. The van der Waals surface area contributed by atoms with Crippen LogP contribution in [-0.4, -0.2) is 31.0 Å². The number of H-pyrrole nitrogens is 1. The van der Waals surface area contributed by atoms with Crippen molar-refractivity contribution < 1.29 is 0 Å². The highest BCUT2D eigenvalue weighted by Gasteiger charge is 2.07. The summed E-state index contributed by atoms with van der Waals surface area (Å²) in [7, 11) is 0. The molecule has 3 N–H and O–H groups in total. The molecule has 0 saturated carbocycles. The normalized spacial score (nSPS) is 11.1. The average molecular weight is 228 g/mol. The highest BCUT2D eigenvalue weighted by Crippen LogP contribution is 2.17. The molecule has 0 aliphatic heterocycles. The van der Waals surface area contributed by atoms with Crippen molar-refractivity contribution in [2.24, 2.45) is 5.73 Å². The number of imidazole rings is 2. The molecule has 3 aromatic rings. The van der Waals surface area contributed by atoms with E-state index in [2.05, 4.69) is 19.9 Å². The minimum absolute atomic E-state index is 0.597. The Hall–Kier alpha value is -2.21. The Kier molecular flexibility index (Phi) is 2.34. The van der Waals surface area contributed by atoms with E-state index in [-0.39, 0.29) is 0 Å². The van der Waals surface area contributed by atoms with Crippen LogP contribution in [0.1, 0.15) is 0 Å². The number of hydrogen-bond donors (Lipinski definition) is 2. The van der Waals surface area contributed by atoms with E-state index in [1.165, 1.54) is 0 Å². The Bertz CT molecular complexity index is 605. The largest absolute Gasteiger partial charge is 0.335 e. The molecular formula is C11H12N6. The molecule has 0 saturated heterocycles. The van der Waals surface area contributed by atoms with Crippen molar-refractivity contribution in [3.63, 3.8) is 0 Å². The van der Waals surface area contributed by atoms with Crippen molar-refractivity contribution in [3.8, 4) is 11.5 Å². The summed E-state index contributed by atoms with van der Waals surface area (Å²) in [6.45, 7) is 1.36. The molecule has 0 fully saturated rings. The van der Waals surface area contributed by atoms with Crippen LogP contribution in [0.2, 0.25) is 0 Å². The lowest BCUT2D eigenvalue weighted by Crippen LogP contribution is -2.07. The van der Waals surface area contributed by atoms with Crippen LogP contribution in [-0.2, 0) is 6.54 Å². The molecule has 6 nitrogen and oxygen atoms in total. The van der Waals surface area contributed by atoms with Crippen molar-refractivity contribution in [1.29, 1.82) is 0 Å². The second-order valence-corrected chi connectivity index (χ2v) is 3.76. The molecule has 6 heteroatoms. The van der Waals surface area contributed by atoms with E-state index >= 15 is 0 Å². The van der Waals surface area contributed by atoms with Gasteiger partial charge in [-0.1, -0.05) is 0 Å². The zero-order valence-corrected chi connectivity index (χ0v) is 9.17. The zero-order chi connectivity index (χ0) is 11.7. The Balaban J connectivity index is 2.01. The Morgan fingerprint density at radius 2 is 2.35 bits per heavy atom. The van der Waals surface area contributed by atoms with Gasteiger partial charge in [-0.25, -0.2) is 9.97 Å². The van der Waals surface area contributed by atoms with Gasteiger partial charge < -0.3 is 15.3 Å². The summed E-state index contributed by atoms with van der Waals surface area (Å²) in [4.78, 5) is 16.0. The van der Waals surface area contributed by atoms with Crippen molar-refractivity contribution in [2.75, 3.05) is 6.54 Å². The zero-order valence-electron chi connectivity index (χ0n) is 9.17. The fourth-order valence-electron chi connectivity index (χ4n) is 1.73. The number of aromatic nitrogens is 5. The van der Waals surface area contributed by atoms with Crippen LogP contribution in [0, 0.1) is 0 Å². The number of fused-ring (bicyclic) bond motifs is 1. The van der Waals surface area contributed by atoms with Crippen LogP contribution < -0.4 is 5.73 Å². The second-order valence-electron chi connectivity index (χ2n) is 3.76. The lowest BCUT2D eigenvalue weighted by molar-refractivity contribution is 0.708. The Morgan fingerprint density at radius 1 is 1.41 bits per heavy atom. The minimum atomic E-state index is 0.597. The first kappa shape index (κ1) is 9.98. The van der Waals surface area contributed by atoms with Gasteiger partial charge in [0.2, 0.25) is 0 Å². The first-order valence-electron chi connectivity index (χ1n) is 5.39. The minimum Gasteiger partial charge on any atom is -0.335 e. The fourth-order valence-corrected chi connectivity index (χ4v) is 1.73. The van der Waals surface area contributed by atoms with Gasteiger partial charge >= 0.3 is 0 Å². The average Bonchev–Trinajstić information content (AvgIpc) is 2.94. The molecule has 0 aliphatic carbocycles. The molecular weight excluding hydrogens is 216 g/mol. The van der Waals surface area contributed by atoms with Gasteiger partial charge in [0.15, 0.2) is 5.82 Å². The number of rotatable bonds is 3. The highest BCUT2D eigenvalue weighted by atomic mass is 15.1. The van der Waals surface area contributed by atoms with Gasteiger partial charge in [-0.2, -0.15) is 0 Å². The van der Waals surface area contributed by atoms with E-state index in [9.17, 15) is 0 Å². The summed E-state index contributed by atoms with van der Waals surface area (Å²) in [6.07, 6.45) is 7.16. The van der Waals surface area contributed by atoms with Crippen LogP contribution in [0.4, 0.5) is 0 Å². The number of aromatic amines is 1. The number of nitrogens with one attached hydrogen (secondary N) is 1. The summed E-state index contributed by atoms with van der Waals surface area (Å²) in [5, 5.41) is 0. The van der Waals surface area contributed by atoms with E-state index in [4.69, 9.17) is 5.73 Å². The molecule has 0 radical (unpaired) electrons. The molecule has 0 spiro atoms. The lowest BCUT2D eigenvalue weighted by atomic mass is 10.4. The molecule has 86 valence electrons. The molecule has 0 aromatic carbocycles. The maximum Gasteiger partial charge on any atom is 0.158 e. The summed E-state index contributed by atoms with van der Waals surface area (Å²) < 4.78 is 1.95. The van der Waals surface area contributed by atoms with Gasteiger partial charge in [-0.3, -0.25) is 4.98 Å². The van der Waals surface area contributed by atoms with E-state index in [1.807, 2.05) is 16.8 Å². The van der Waals surface area contributed by atoms with Gasteiger partial charge in [0, 0.05) is 25.5 Å². The van der Waals surface area contributed by atoms with Gasteiger partial charge in [0.1, 0.15) is 5.69 Å². The van der Waals surface area contributed by atoms with Crippen molar-refractivity contribution in [3.05, 3.63) is 31.0 Å². The first-order valence-corrected chi connectivity index (χ1v) is 5.39. The molecule has 17 heavy (non-hydrogen) atoms. The smallest absolute Gasteiger partial charge is 0.158 e. The van der Waals surface area contributed by atoms with Crippen molar-refractivity contribution in [2.45, 2.75) is 6.54 Å². The monoisotopic (exact) mass is 228 g/mol. The highest BCUT2D eigenvalue weighted by molar-refractivity contribution is 5.77. The molecule has 3 rings (SSSR count). The molecule has 0 aliphatic rings. The Labute approximate surface area is 97.5 Å². The third kappa shape index (κ3) is 1.78. The summed E-state index contributed by atoms with van der Waals surface area (Å²) in [5.41, 5.74) is 8.11. The standard InChI is InChI=1S/C11H12N6/c12-2-4-17-6-10(14-7-17)11-15-8-1-3-13-5-9(8)16-11/h1,3,5-7H,2,4,12H2,(H,15,16). The van der Waals surface area contributed by atoms with E-state index in [0.29, 0.717) is 6.54 Å². The summed E-state index contributed by atoms with van der Waals surface area (Å²) in [5.74, 6) is 0.753. The maximum atomic E-state index is 5.49. The molecule has 0 atom stereocenters. The number of hydrogen-bond acceptors (Lipinski definition) is 4. The van der Waals surface area contributed by atoms with Gasteiger partial charge in [-0.15, -0.1) is 0 Å². The number of nitrogens with zero attached hydrogens (tertiary/aromatic N) is 4. The van der Waals surface area contributed by atoms with Crippen molar-refractivity contribution >= 4 is 11.0 Å². The number of pyridine rings is 1. The Morgan fingerprint density at radius 3 is 3.18 bits per heavy atom. The van der Waals surface area contributed by atoms with Crippen LogP contribution >= 0.6 is 0 Å². The predicted molar refractivity (Wildman–Crippen MR) is 64.2 cm³/mol. The lowest BCUT2D eigenvalue weighted by Gasteiger charge is -1.94. The first-order chi connectivity index (χ1) is 8.36. The van der Waals surface area contributed by atoms with E-state index in [1.54, 1.807) is 18.7 Å². The molecule has 0 bridgehead atoms. The number of nitrogens with two attached hydrogens (primary N) is 1. The van der Waals surface area contributed by atoms with Gasteiger partial charge in [-0.05, 0) is 6.07 Å². The molecule has 0 unspecified atom stereocenters. The van der Waals surface area contributed by atoms with Crippen LogP contribution in [0.25, 0.3) is 22.6 Å². The van der Waals surface area contributed by atoms with Crippen molar-refractivity contribution in [1.82, 2.24) is 24.5 Å². The maximum absolute atomic E-state index is 5.49. The van der Waals surface area contributed by atoms with E-state index in [0.717, 1.165) is 29.1 Å². The SMILES string of the molecule is NCCn1cnc(-c2nc3ccncc3[nH]2)c1. The van der Waals surface area contributed by atoms with E-state index < -0.39 is 0 Å². The third-order valence-corrected chi connectivity index (χ3v) is 2.55. The predicted octanol–water partition coefficient (Wildman–Crippen LogP) is 0.780. The fraction of sp³-hybridized carbons (Fsp3) is 0.182. The van der Waals surface area contributed by atoms with Crippen LogP contribution in [0.5, 0.6) is 0 Å². The molecule has 3 aromatic heterocycles. The summed E-state index contributed by atoms with van der Waals surface area (Å²) >= 11 is 0. The topological polar surface area (TPSA) is 85.4 Å². The van der Waals surface area contributed by atoms with Crippen LogP contribution in [0.15, 0.2) is 31.0 Å².